The highest BCUT2D eigenvalue weighted by Crippen LogP contribution is 2.19. The maximum absolute atomic E-state index is 12.0. The topological polar surface area (TPSA) is 75.6 Å². The van der Waals surface area contributed by atoms with Crippen LogP contribution in [-0.4, -0.2) is 35.8 Å². The third-order valence-electron chi connectivity index (χ3n) is 2.51. The van der Waals surface area contributed by atoms with Crippen LogP contribution in [0.2, 0.25) is 0 Å². The van der Waals surface area contributed by atoms with Crippen molar-refractivity contribution in [2.75, 3.05) is 6.61 Å². The number of ether oxygens (including phenoxy) is 1. The number of rotatable bonds is 6. The number of carbonyl (C=O) groups is 2. The summed E-state index contributed by atoms with van der Waals surface area (Å²) in [6.07, 6.45) is -4.29. The maximum atomic E-state index is 12.0. The Morgan fingerprint density at radius 2 is 2.05 bits per heavy atom. The van der Waals surface area contributed by atoms with Gasteiger partial charge in [0.1, 0.15) is 11.8 Å². The summed E-state index contributed by atoms with van der Waals surface area (Å²) in [6, 6.07) is 4.04. The highest BCUT2D eigenvalue weighted by Gasteiger charge is 2.28. The van der Waals surface area contributed by atoms with Crippen molar-refractivity contribution in [2.45, 2.75) is 25.6 Å². The highest BCUT2D eigenvalue weighted by molar-refractivity contribution is 5.96. The van der Waals surface area contributed by atoms with E-state index in [2.05, 4.69) is 10.1 Å². The van der Waals surface area contributed by atoms with Crippen molar-refractivity contribution in [2.24, 2.45) is 0 Å². The average Bonchev–Trinajstić information content (AvgIpc) is 2.41. The molecular formula is C13H14F3NO4. The van der Waals surface area contributed by atoms with Gasteiger partial charge in [-0.05, 0) is 24.6 Å². The van der Waals surface area contributed by atoms with Gasteiger partial charge in [-0.25, -0.2) is 4.79 Å². The van der Waals surface area contributed by atoms with E-state index in [1.807, 2.05) is 0 Å². The van der Waals surface area contributed by atoms with E-state index in [0.717, 1.165) is 6.07 Å². The van der Waals surface area contributed by atoms with Crippen LogP contribution in [0.4, 0.5) is 13.2 Å². The number of carbonyl (C=O) groups excluding carboxylic acids is 1. The average molecular weight is 305 g/mol. The molecule has 21 heavy (non-hydrogen) atoms. The molecule has 0 spiro atoms. The number of benzene rings is 1. The van der Waals surface area contributed by atoms with E-state index in [1.54, 1.807) is 6.92 Å². The lowest BCUT2D eigenvalue weighted by Gasteiger charge is -2.13. The van der Waals surface area contributed by atoms with Gasteiger partial charge >= 0.3 is 12.1 Å². The Morgan fingerprint density at radius 3 is 2.57 bits per heavy atom. The smallest absolute Gasteiger partial charge is 0.422 e. The van der Waals surface area contributed by atoms with Crippen molar-refractivity contribution >= 4 is 11.9 Å². The van der Waals surface area contributed by atoms with E-state index in [9.17, 15) is 22.8 Å². The molecule has 2 N–H and O–H groups in total. The van der Waals surface area contributed by atoms with Crippen molar-refractivity contribution < 1.29 is 32.6 Å². The zero-order chi connectivity index (χ0) is 16.0. The second-order valence-corrected chi connectivity index (χ2v) is 4.20. The van der Waals surface area contributed by atoms with Crippen LogP contribution >= 0.6 is 0 Å². The van der Waals surface area contributed by atoms with E-state index < -0.39 is 30.7 Å². The minimum Gasteiger partial charge on any atom is -0.484 e. The van der Waals surface area contributed by atoms with Crippen LogP contribution in [0.25, 0.3) is 0 Å². The standard InChI is InChI=1S/C13H14F3NO4/c1-2-10(12(19)20)17-11(18)8-4-3-5-9(6-8)21-7-13(14,15)16/h3-6,10H,2,7H2,1H3,(H,17,18)(H,19,20). The summed E-state index contributed by atoms with van der Waals surface area (Å²) in [5, 5.41) is 11.1. The molecule has 1 unspecified atom stereocenters. The summed E-state index contributed by atoms with van der Waals surface area (Å²) in [5.74, 6) is -2.00. The van der Waals surface area contributed by atoms with Crippen LogP contribution in [-0.2, 0) is 4.79 Å². The quantitative estimate of drug-likeness (QED) is 0.845. The molecule has 1 rings (SSSR count). The number of halogens is 3. The summed E-state index contributed by atoms with van der Waals surface area (Å²) >= 11 is 0. The first-order valence-electron chi connectivity index (χ1n) is 6.06. The summed E-state index contributed by atoms with van der Waals surface area (Å²) in [7, 11) is 0. The van der Waals surface area contributed by atoms with Gasteiger partial charge in [-0.3, -0.25) is 4.79 Å². The minimum absolute atomic E-state index is 0.0226. The third-order valence-corrected chi connectivity index (χ3v) is 2.51. The monoisotopic (exact) mass is 305 g/mol. The molecule has 0 bridgehead atoms. The Morgan fingerprint density at radius 1 is 1.38 bits per heavy atom. The second-order valence-electron chi connectivity index (χ2n) is 4.20. The first-order chi connectivity index (χ1) is 9.73. The van der Waals surface area contributed by atoms with Crippen molar-refractivity contribution in [3.8, 4) is 5.75 Å². The van der Waals surface area contributed by atoms with E-state index in [4.69, 9.17) is 5.11 Å². The molecule has 0 aliphatic heterocycles. The number of carboxylic acid groups (broad SMARTS) is 1. The minimum atomic E-state index is -4.48. The molecule has 1 atom stereocenters. The predicted molar refractivity (Wildman–Crippen MR) is 67.2 cm³/mol. The zero-order valence-electron chi connectivity index (χ0n) is 11.1. The van der Waals surface area contributed by atoms with Crippen LogP contribution in [0.3, 0.4) is 0 Å². The van der Waals surface area contributed by atoms with Gasteiger partial charge in [0.25, 0.3) is 5.91 Å². The molecule has 0 aliphatic rings. The second kappa shape index (κ2) is 6.96. The Bertz CT molecular complexity index is 516. The number of hydrogen-bond acceptors (Lipinski definition) is 3. The highest BCUT2D eigenvalue weighted by atomic mass is 19.4. The number of nitrogens with one attached hydrogen (secondary N) is 1. The molecule has 0 saturated heterocycles. The Labute approximate surface area is 118 Å². The van der Waals surface area contributed by atoms with Crippen molar-refractivity contribution in [1.82, 2.24) is 5.32 Å². The Balaban J connectivity index is 2.75. The molecule has 1 amide bonds. The van der Waals surface area contributed by atoms with Gasteiger partial charge in [-0.15, -0.1) is 0 Å². The molecule has 0 saturated carbocycles. The summed E-state index contributed by atoms with van der Waals surface area (Å²) in [5.41, 5.74) is 0.0226. The normalized spacial score (nSPS) is 12.6. The first kappa shape index (κ1) is 16.8. The molecule has 1 aromatic carbocycles. The van der Waals surface area contributed by atoms with Gasteiger partial charge in [-0.1, -0.05) is 13.0 Å². The molecule has 0 heterocycles. The van der Waals surface area contributed by atoms with Crippen LogP contribution in [0.1, 0.15) is 23.7 Å². The predicted octanol–water partition coefficient (Wildman–Crippen LogP) is 2.22. The molecule has 0 fully saturated rings. The van der Waals surface area contributed by atoms with E-state index in [0.29, 0.717) is 0 Å². The molecule has 8 heteroatoms. The molecule has 116 valence electrons. The van der Waals surface area contributed by atoms with Crippen LogP contribution in [0.15, 0.2) is 24.3 Å². The van der Waals surface area contributed by atoms with Gasteiger partial charge in [0.2, 0.25) is 0 Å². The number of alkyl halides is 3. The number of amides is 1. The summed E-state index contributed by atoms with van der Waals surface area (Å²) in [4.78, 5) is 22.6. The maximum Gasteiger partial charge on any atom is 0.422 e. The molecule has 0 radical (unpaired) electrons. The van der Waals surface area contributed by atoms with E-state index in [-0.39, 0.29) is 17.7 Å². The van der Waals surface area contributed by atoms with Crippen molar-refractivity contribution in [3.63, 3.8) is 0 Å². The van der Waals surface area contributed by atoms with Gasteiger partial charge in [0.15, 0.2) is 6.61 Å². The van der Waals surface area contributed by atoms with E-state index in [1.165, 1.54) is 18.2 Å². The van der Waals surface area contributed by atoms with Crippen LogP contribution in [0.5, 0.6) is 5.75 Å². The SMILES string of the molecule is CCC(NC(=O)c1cccc(OCC(F)(F)F)c1)C(=O)O. The van der Waals surface area contributed by atoms with Gasteiger partial charge in [0.05, 0.1) is 0 Å². The van der Waals surface area contributed by atoms with E-state index >= 15 is 0 Å². The van der Waals surface area contributed by atoms with Crippen molar-refractivity contribution in [1.29, 1.82) is 0 Å². The molecule has 0 aliphatic carbocycles. The lowest BCUT2D eigenvalue weighted by atomic mass is 10.1. The van der Waals surface area contributed by atoms with Crippen LogP contribution in [0, 0.1) is 0 Å². The van der Waals surface area contributed by atoms with Gasteiger partial charge in [-0.2, -0.15) is 13.2 Å². The summed E-state index contributed by atoms with van der Waals surface area (Å²) in [6.45, 7) is 0.118. The number of aliphatic carboxylic acids is 1. The Kier molecular flexibility index (Phi) is 5.57. The lowest BCUT2D eigenvalue weighted by Crippen LogP contribution is -2.40. The first-order valence-corrected chi connectivity index (χ1v) is 6.06. The largest absolute Gasteiger partial charge is 0.484 e. The molecular weight excluding hydrogens is 291 g/mol. The number of carboxylic acids is 1. The fraction of sp³-hybridized carbons (Fsp3) is 0.385. The molecule has 0 aromatic heterocycles. The summed E-state index contributed by atoms with van der Waals surface area (Å²) < 4.78 is 40.6. The molecule has 1 aromatic rings. The van der Waals surface area contributed by atoms with Gasteiger partial charge in [0, 0.05) is 5.56 Å². The van der Waals surface area contributed by atoms with Crippen molar-refractivity contribution in [3.05, 3.63) is 29.8 Å². The van der Waals surface area contributed by atoms with Gasteiger partial charge < -0.3 is 15.2 Å². The molecule has 5 nitrogen and oxygen atoms in total. The fourth-order valence-electron chi connectivity index (χ4n) is 1.47. The zero-order valence-corrected chi connectivity index (χ0v) is 11.1. The third kappa shape index (κ3) is 5.72. The fourth-order valence-corrected chi connectivity index (χ4v) is 1.47. The number of hydrogen-bond donors (Lipinski definition) is 2. The van der Waals surface area contributed by atoms with Crippen LogP contribution < -0.4 is 10.1 Å². The Hall–Kier alpha value is -2.25. The lowest BCUT2D eigenvalue weighted by molar-refractivity contribution is -0.153.